The topological polar surface area (TPSA) is 61.4 Å². The Morgan fingerprint density at radius 1 is 1.55 bits per heavy atom. The lowest BCUT2D eigenvalue weighted by Gasteiger charge is -2.19. The molecule has 0 bridgehead atoms. The van der Waals surface area contributed by atoms with Crippen LogP contribution in [0.5, 0.6) is 5.75 Å². The standard InChI is InChI=1S/C14H18ClNO3S/c1-2-19-13-8-11(5-6-12(13)15)20(18)10-4-3-7-16-14(17)9-10/h5-6,8,10H,2-4,7,9H2,1H3,(H,16,17). The molecule has 1 amide bonds. The number of benzene rings is 1. The van der Waals surface area contributed by atoms with Crippen LogP contribution in [-0.2, 0) is 16.0 Å². The summed E-state index contributed by atoms with van der Waals surface area (Å²) in [5.74, 6) is 0.512. The quantitative estimate of drug-likeness (QED) is 0.868. The van der Waals surface area contributed by atoms with Crippen molar-refractivity contribution in [3.05, 3.63) is 23.2 Å². The number of halogens is 1. The van der Waals surface area contributed by atoms with Crippen molar-refractivity contribution in [1.82, 2.24) is 5.32 Å². The molecule has 0 aliphatic carbocycles. The third-order valence-electron chi connectivity index (χ3n) is 3.18. The van der Waals surface area contributed by atoms with E-state index in [0.29, 0.717) is 35.2 Å². The number of carbonyl (C=O) groups is 1. The largest absolute Gasteiger partial charge is 0.611 e. The fourth-order valence-corrected chi connectivity index (χ4v) is 3.85. The molecule has 1 aromatic rings. The molecule has 20 heavy (non-hydrogen) atoms. The minimum absolute atomic E-state index is 0.0279. The zero-order valence-corrected chi connectivity index (χ0v) is 12.9. The predicted molar refractivity (Wildman–Crippen MR) is 79.7 cm³/mol. The van der Waals surface area contributed by atoms with E-state index in [2.05, 4.69) is 5.32 Å². The predicted octanol–water partition coefficient (Wildman–Crippen LogP) is 2.52. The van der Waals surface area contributed by atoms with Crippen LogP contribution in [-0.4, -0.2) is 28.9 Å². The van der Waals surface area contributed by atoms with Crippen LogP contribution >= 0.6 is 11.6 Å². The van der Waals surface area contributed by atoms with E-state index in [-0.39, 0.29) is 11.2 Å². The highest BCUT2D eigenvalue weighted by atomic mass is 35.5. The second-order valence-electron chi connectivity index (χ2n) is 4.64. The third kappa shape index (κ3) is 3.81. The van der Waals surface area contributed by atoms with Crippen molar-refractivity contribution in [2.24, 2.45) is 0 Å². The van der Waals surface area contributed by atoms with E-state index in [1.54, 1.807) is 18.2 Å². The van der Waals surface area contributed by atoms with E-state index in [9.17, 15) is 9.35 Å². The number of hydrogen-bond acceptors (Lipinski definition) is 3. The Balaban J connectivity index is 2.16. The van der Waals surface area contributed by atoms with Crippen LogP contribution in [0, 0.1) is 0 Å². The molecule has 0 radical (unpaired) electrons. The number of rotatable bonds is 4. The number of hydrogen-bond donors (Lipinski definition) is 1. The van der Waals surface area contributed by atoms with E-state index in [1.807, 2.05) is 6.92 Å². The van der Waals surface area contributed by atoms with Crippen molar-refractivity contribution in [2.75, 3.05) is 13.2 Å². The molecule has 6 heteroatoms. The molecule has 2 atom stereocenters. The van der Waals surface area contributed by atoms with Gasteiger partial charge in [0.1, 0.15) is 11.0 Å². The van der Waals surface area contributed by atoms with Crippen LogP contribution in [0.3, 0.4) is 0 Å². The summed E-state index contributed by atoms with van der Waals surface area (Å²) in [4.78, 5) is 12.2. The van der Waals surface area contributed by atoms with Gasteiger partial charge < -0.3 is 14.6 Å². The molecule has 1 fully saturated rings. The van der Waals surface area contributed by atoms with Crippen molar-refractivity contribution in [3.63, 3.8) is 0 Å². The molecular weight excluding hydrogens is 298 g/mol. The van der Waals surface area contributed by atoms with Crippen LogP contribution < -0.4 is 10.1 Å². The van der Waals surface area contributed by atoms with Gasteiger partial charge in [0.15, 0.2) is 4.90 Å². The highest BCUT2D eigenvalue weighted by Crippen LogP contribution is 2.31. The van der Waals surface area contributed by atoms with E-state index >= 15 is 0 Å². The molecular formula is C14H18ClNO3S. The summed E-state index contributed by atoms with van der Waals surface area (Å²) in [7, 11) is 0. The van der Waals surface area contributed by atoms with Crippen LogP contribution in [0.4, 0.5) is 0 Å². The summed E-state index contributed by atoms with van der Waals surface area (Å²) >= 11 is 4.80. The summed E-state index contributed by atoms with van der Waals surface area (Å²) in [5, 5.41) is 3.16. The van der Waals surface area contributed by atoms with Crippen LogP contribution in [0.1, 0.15) is 26.2 Å². The van der Waals surface area contributed by atoms with Crippen molar-refractivity contribution >= 4 is 28.7 Å². The van der Waals surface area contributed by atoms with Gasteiger partial charge in [-0.15, -0.1) is 0 Å². The first-order chi connectivity index (χ1) is 9.61. The Morgan fingerprint density at radius 3 is 3.10 bits per heavy atom. The highest BCUT2D eigenvalue weighted by molar-refractivity contribution is 7.92. The Kier molecular flexibility index (Phi) is 5.57. The van der Waals surface area contributed by atoms with E-state index in [4.69, 9.17) is 16.3 Å². The maximum Gasteiger partial charge on any atom is 0.225 e. The molecule has 1 aliphatic rings. The zero-order chi connectivity index (χ0) is 14.5. The maximum atomic E-state index is 12.6. The van der Waals surface area contributed by atoms with Gasteiger partial charge in [-0.25, -0.2) is 0 Å². The van der Waals surface area contributed by atoms with Gasteiger partial charge in [0.05, 0.1) is 18.1 Å². The first-order valence-corrected chi connectivity index (χ1v) is 8.30. The molecule has 1 N–H and O–H groups in total. The molecule has 1 aromatic carbocycles. The minimum atomic E-state index is -1.22. The van der Waals surface area contributed by atoms with Crippen LogP contribution in [0.2, 0.25) is 5.02 Å². The summed E-state index contributed by atoms with van der Waals surface area (Å²) in [6, 6.07) is 5.14. The first kappa shape index (κ1) is 15.5. The van der Waals surface area contributed by atoms with Crippen molar-refractivity contribution in [3.8, 4) is 5.75 Å². The van der Waals surface area contributed by atoms with Crippen molar-refractivity contribution in [2.45, 2.75) is 36.3 Å². The van der Waals surface area contributed by atoms with Gasteiger partial charge in [-0.2, -0.15) is 0 Å². The third-order valence-corrected chi connectivity index (χ3v) is 5.21. The van der Waals surface area contributed by atoms with Gasteiger partial charge in [-0.1, -0.05) is 11.6 Å². The average Bonchev–Trinajstić information content (AvgIpc) is 2.65. The Hall–Kier alpha value is -0.910. The Bertz CT molecular complexity index is 483. The molecule has 2 rings (SSSR count). The molecule has 0 spiro atoms. The monoisotopic (exact) mass is 315 g/mol. The van der Waals surface area contributed by atoms with Gasteiger partial charge >= 0.3 is 0 Å². The molecule has 4 nitrogen and oxygen atoms in total. The van der Waals surface area contributed by atoms with Gasteiger partial charge in [0, 0.05) is 12.6 Å². The second kappa shape index (κ2) is 7.20. The number of nitrogens with one attached hydrogen (secondary N) is 1. The molecule has 1 aliphatic heterocycles. The number of ether oxygens (including phenoxy) is 1. The van der Waals surface area contributed by atoms with Gasteiger partial charge in [0.25, 0.3) is 0 Å². The molecule has 0 saturated carbocycles. The summed E-state index contributed by atoms with van der Waals surface area (Å²) in [6.07, 6.45) is 1.94. The summed E-state index contributed by atoms with van der Waals surface area (Å²) in [5.41, 5.74) is 0. The van der Waals surface area contributed by atoms with Crippen molar-refractivity contribution in [1.29, 1.82) is 0 Å². The lowest BCUT2D eigenvalue weighted by atomic mass is 10.2. The second-order valence-corrected chi connectivity index (χ2v) is 6.78. The molecule has 0 aromatic heterocycles. The zero-order valence-electron chi connectivity index (χ0n) is 11.4. The maximum absolute atomic E-state index is 12.6. The van der Waals surface area contributed by atoms with E-state index in [0.717, 1.165) is 12.8 Å². The lowest BCUT2D eigenvalue weighted by Crippen LogP contribution is -2.27. The van der Waals surface area contributed by atoms with E-state index in [1.165, 1.54) is 0 Å². The first-order valence-electron chi connectivity index (χ1n) is 6.71. The fraction of sp³-hybridized carbons (Fsp3) is 0.500. The number of carbonyl (C=O) groups excluding carboxylic acids is 1. The smallest absolute Gasteiger partial charge is 0.225 e. The molecule has 1 heterocycles. The molecule has 110 valence electrons. The Morgan fingerprint density at radius 2 is 2.35 bits per heavy atom. The van der Waals surface area contributed by atoms with Gasteiger partial charge in [0.2, 0.25) is 5.91 Å². The molecule has 1 saturated heterocycles. The SMILES string of the molecule is CCOc1cc([S+]([O-])C2CCCNC(=O)C2)ccc1Cl. The van der Waals surface area contributed by atoms with Crippen LogP contribution in [0.25, 0.3) is 0 Å². The summed E-state index contributed by atoms with van der Waals surface area (Å²) < 4.78 is 18.0. The van der Waals surface area contributed by atoms with E-state index < -0.39 is 11.2 Å². The van der Waals surface area contributed by atoms with Gasteiger partial charge in [-0.05, 0) is 43.1 Å². The molecule has 2 unspecified atom stereocenters. The van der Waals surface area contributed by atoms with Gasteiger partial charge in [-0.3, -0.25) is 4.79 Å². The minimum Gasteiger partial charge on any atom is -0.611 e. The Labute approximate surface area is 127 Å². The highest BCUT2D eigenvalue weighted by Gasteiger charge is 2.29. The van der Waals surface area contributed by atoms with Crippen LogP contribution in [0.15, 0.2) is 23.1 Å². The normalized spacial score (nSPS) is 20.9. The van der Waals surface area contributed by atoms with Crippen molar-refractivity contribution < 1.29 is 14.1 Å². The summed E-state index contributed by atoms with van der Waals surface area (Å²) in [6.45, 7) is 3.04. The lowest BCUT2D eigenvalue weighted by molar-refractivity contribution is -0.120. The fourth-order valence-electron chi connectivity index (χ4n) is 2.19. The number of amides is 1. The average molecular weight is 316 g/mol.